The van der Waals surface area contributed by atoms with Crippen LogP contribution in [0.2, 0.25) is 0 Å². The quantitative estimate of drug-likeness (QED) is 0.437. The number of nitrogens with one attached hydrogen (secondary N) is 1. The first-order valence-electron chi connectivity index (χ1n) is 6.42. The molecule has 0 saturated heterocycles. The zero-order valence-electron chi connectivity index (χ0n) is 11.4. The zero-order chi connectivity index (χ0) is 13.1. The van der Waals surface area contributed by atoms with E-state index in [9.17, 15) is 10.2 Å². The summed E-state index contributed by atoms with van der Waals surface area (Å²) in [5.41, 5.74) is 0. The van der Waals surface area contributed by atoms with Crippen LogP contribution in [-0.4, -0.2) is 73.8 Å². The van der Waals surface area contributed by atoms with Crippen LogP contribution in [0.3, 0.4) is 0 Å². The minimum atomic E-state index is -0.424. The van der Waals surface area contributed by atoms with Crippen molar-refractivity contribution in [1.29, 1.82) is 0 Å². The number of nitrogens with zero attached hydrogens (tertiary/aromatic N) is 1. The lowest BCUT2D eigenvalue weighted by Crippen LogP contribution is -2.39. The fourth-order valence-electron chi connectivity index (χ4n) is 1.66. The van der Waals surface area contributed by atoms with Crippen molar-refractivity contribution < 1.29 is 14.9 Å². The lowest BCUT2D eigenvalue weighted by Gasteiger charge is -2.22. The minimum Gasteiger partial charge on any atom is -0.391 e. The van der Waals surface area contributed by atoms with Crippen LogP contribution in [-0.2, 0) is 4.74 Å². The van der Waals surface area contributed by atoms with E-state index in [-0.39, 0.29) is 6.10 Å². The third-order valence-electron chi connectivity index (χ3n) is 2.76. The van der Waals surface area contributed by atoms with Gasteiger partial charge in [-0.25, -0.2) is 0 Å². The molecule has 5 nitrogen and oxygen atoms in total. The number of hydrogen-bond acceptors (Lipinski definition) is 5. The SMILES string of the molecule is CCN(CC)CC(O)CNCCC(O)COC. The first-order valence-corrected chi connectivity index (χ1v) is 6.42. The molecule has 0 amide bonds. The molecule has 104 valence electrons. The molecule has 0 aliphatic heterocycles. The number of likely N-dealkylation sites (N-methyl/N-ethyl adjacent to an activating group) is 1. The van der Waals surface area contributed by atoms with Crippen LogP contribution >= 0.6 is 0 Å². The van der Waals surface area contributed by atoms with Crippen LogP contribution in [0.4, 0.5) is 0 Å². The molecule has 17 heavy (non-hydrogen) atoms. The van der Waals surface area contributed by atoms with Gasteiger partial charge in [-0.3, -0.25) is 0 Å². The molecule has 0 rings (SSSR count). The van der Waals surface area contributed by atoms with Gasteiger partial charge in [-0.05, 0) is 26.1 Å². The van der Waals surface area contributed by atoms with Gasteiger partial charge in [0.2, 0.25) is 0 Å². The van der Waals surface area contributed by atoms with Crippen LogP contribution in [0.15, 0.2) is 0 Å². The van der Waals surface area contributed by atoms with E-state index in [0.717, 1.165) is 13.1 Å². The standard InChI is InChI=1S/C12H28N2O3/c1-4-14(5-2)9-12(16)8-13-7-6-11(15)10-17-3/h11-13,15-16H,4-10H2,1-3H3. The Hall–Kier alpha value is -0.200. The van der Waals surface area contributed by atoms with Gasteiger partial charge in [0.15, 0.2) is 0 Å². The largest absolute Gasteiger partial charge is 0.391 e. The van der Waals surface area contributed by atoms with E-state index in [1.807, 2.05) is 0 Å². The summed E-state index contributed by atoms with van der Waals surface area (Å²) in [6.07, 6.45) is -0.131. The molecule has 0 aromatic carbocycles. The summed E-state index contributed by atoms with van der Waals surface area (Å²) in [4.78, 5) is 2.19. The second kappa shape index (κ2) is 10.9. The maximum atomic E-state index is 9.76. The third kappa shape index (κ3) is 9.50. The Morgan fingerprint density at radius 1 is 1.18 bits per heavy atom. The van der Waals surface area contributed by atoms with Crippen molar-refractivity contribution in [2.75, 3.05) is 46.4 Å². The molecule has 0 aliphatic carbocycles. The second-order valence-corrected chi connectivity index (χ2v) is 4.24. The predicted molar refractivity (Wildman–Crippen MR) is 69.2 cm³/mol. The van der Waals surface area contributed by atoms with Crippen LogP contribution < -0.4 is 5.32 Å². The number of methoxy groups -OCH3 is 1. The highest BCUT2D eigenvalue weighted by Crippen LogP contribution is 1.93. The molecule has 0 radical (unpaired) electrons. The van der Waals surface area contributed by atoms with Gasteiger partial charge in [0, 0.05) is 20.2 Å². The molecule has 0 aliphatic rings. The van der Waals surface area contributed by atoms with Crippen molar-refractivity contribution in [1.82, 2.24) is 10.2 Å². The first-order chi connectivity index (χ1) is 8.13. The van der Waals surface area contributed by atoms with E-state index in [1.54, 1.807) is 7.11 Å². The van der Waals surface area contributed by atoms with Crippen molar-refractivity contribution >= 4 is 0 Å². The fraction of sp³-hybridized carbons (Fsp3) is 1.00. The van der Waals surface area contributed by atoms with Gasteiger partial charge in [0.1, 0.15) is 0 Å². The lowest BCUT2D eigenvalue weighted by molar-refractivity contribution is 0.0580. The van der Waals surface area contributed by atoms with E-state index in [2.05, 4.69) is 24.1 Å². The zero-order valence-corrected chi connectivity index (χ0v) is 11.4. The number of rotatable bonds is 11. The summed E-state index contributed by atoms with van der Waals surface area (Å²) in [5.74, 6) is 0. The Bertz CT molecular complexity index is 166. The van der Waals surface area contributed by atoms with Gasteiger partial charge < -0.3 is 25.2 Å². The van der Waals surface area contributed by atoms with Crippen molar-refractivity contribution in [3.8, 4) is 0 Å². The Morgan fingerprint density at radius 3 is 2.35 bits per heavy atom. The summed E-state index contributed by atoms with van der Waals surface area (Å²) in [6.45, 7) is 8.41. The van der Waals surface area contributed by atoms with E-state index in [1.165, 1.54) is 0 Å². The Kier molecular flexibility index (Phi) is 10.8. The van der Waals surface area contributed by atoms with Gasteiger partial charge in [0.25, 0.3) is 0 Å². The van der Waals surface area contributed by atoms with Crippen molar-refractivity contribution in [3.05, 3.63) is 0 Å². The molecule has 0 aromatic rings. The normalized spacial score (nSPS) is 15.2. The Balaban J connectivity index is 3.47. The first kappa shape index (κ1) is 16.8. The van der Waals surface area contributed by atoms with E-state index in [4.69, 9.17) is 4.74 Å². The molecule has 2 unspecified atom stereocenters. The highest BCUT2D eigenvalue weighted by molar-refractivity contribution is 4.66. The molecule has 0 bridgehead atoms. The molecule has 0 fully saturated rings. The van der Waals surface area contributed by atoms with Gasteiger partial charge in [-0.15, -0.1) is 0 Å². The van der Waals surface area contributed by atoms with Crippen molar-refractivity contribution in [2.24, 2.45) is 0 Å². The van der Waals surface area contributed by atoms with Crippen LogP contribution in [0, 0.1) is 0 Å². The molecule has 0 saturated carbocycles. The maximum Gasteiger partial charge on any atom is 0.0791 e. The lowest BCUT2D eigenvalue weighted by atomic mass is 10.2. The number of aliphatic hydroxyl groups excluding tert-OH is 2. The van der Waals surface area contributed by atoms with Crippen molar-refractivity contribution in [2.45, 2.75) is 32.5 Å². The van der Waals surface area contributed by atoms with E-state index in [0.29, 0.717) is 32.7 Å². The summed E-state index contributed by atoms with van der Waals surface area (Å²) in [6, 6.07) is 0. The molecular weight excluding hydrogens is 220 g/mol. The summed E-state index contributed by atoms with van der Waals surface area (Å²) in [5, 5.41) is 22.3. The number of aliphatic hydroxyl groups is 2. The smallest absolute Gasteiger partial charge is 0.0791 e. The van der Waals surface area contributed by atoms with Gasteiger partial charge >= 0.3 is 0 Å². The van der Waals surface area contributed by atoms with Crippen LogP contribution in [0.5, 0.6) is 0 Å². The van der Waals surface area contributed by atoms with Gasteiger partial charge in [-0.2, -0.15) is 0 Å². The van der Waals surface area contributed by atoms with Gasteiger partial charge in [0.05, 0.1) is 18.8 Å². The van der Waals surface area contributed by atoms with E-state index < -0.39 is 6.10 Å². The summed E-state index contributed by atoms with van der Waals surface area (Å²) >= 11 is 0. The molecule has 0 spiro atoms. The highest BCUT2D eigenvalue weighted by Gasteiger charge is 2.08. The Morgan fingerprint density at radius 2 is 1.82 bits per heavy atom. The number of hydrogen-bond donors (Lipinski definition) is 3. The number of ether oxygens (including phenoxy) is 1. The second-order valence-electron chi connectivity index (χ2n) is 4.24. The predicted octanol–water partition coefficient (Wildman–Crippen LogP) is -0.324. The molecule has 2 atom stereocenters. The maximum absolute atomic E-state index is 9.76. The molecule has 5 heteroatoms. The molecule has 0 aromatic heterocycles. The minimum absolute atomic E-state index is 0.352. The molecule has 3 N–H and O–H groups in total. The monoisotopic (exact) mass is 248 g/mol. The molecular formula is C12H28N2O3. The topological polar surface area (TPSA) is 65.0 Å². The fourth-order valence-corrected chi connectivity index (χ4v) is 1.66. The Labute approximate surface area is 105 Å². The van der Waals surface area contributed by atoms with E-state index >= 15 is 0 Å². The van der Waals surface area contributed by atoms with Gasteiger partial charge in [-0.1, -0.05) is 13.8 Å². The highest BCUT2D eigenvalue weighted by atomic mass is 16.5. The summed E-state index contributed by atoms with van der Waals surface area (Å²) in [7, 11) is 1.57. The summed E-state index contributed by atoms with van der Waals surface area (Å²) < 4.78 is 4.83. The molecule has 0 heterocycles. The third-order valence-corrected chi connectivity index (χ3v) is 2.76. The average molecular weight is 248 g/mol. The van der Waals surface area contributed by atoms with Crippen LogP contribution in [0.1, 0.15) is 20.3 Å². The average Bonchev–Trinajstić information content (AvgIpc) is 2.32. The van der Waals surface area contributed by atoms with Crippen LogP contribution in [0.25, 0.3) is 0 Å². The van der Waals surface area contributed by atoms with Crippen molar-refractivity contribution in [3.63, 3.8) is 0 Å².